The van der Waals surface area contributed by atoms with Gasteiger partial charge in [0.1, 0.15) is 19.5 Å². The van der Waals surface area contributed by atoms with Crippen LogP contribution in [-0.4, -0.2) is 24.7 Å². The van der Waals surface area contributed by atoms with Crippen molar-refractivity contribution >= 4 is 40.4 Å². The summed E-state index contributed by atoms with van der Waals surface area (Å²) in [6, 6.07) is 16.6. The Kier molecular flexibility index (Phi) is 4.33. The largest absolute Gasteiger partial charge is 0.486 e. The number of carbonyl (C=O) groups is 1. The summed E-state index contributed by atoms with van der Waals surface area (Å²) in [5.74, 6) is 1.92. The van der Waals surface area contributed by atoms with Crippen molar-refractivity contribution in [3.8, 4) is 22.6 Å². The summed E-state index contributed by atoms with van der Waals surface area (Å²) in [4.78, 5) is 11.1. The van der Waals surface area contributed by atoms with Crippen molar-refractivity contribution in [3.05, 3.63) is 65.2 Å². The third-order valence-electron chi connectivity index (χ3n) is 4.74. The van der Waals surface area contributed by atoms with E-state index in [-0.39, 0.29) is 0 Å². The minimum absolute atomic E-state index is 0.491. The van der Waals surface area contributed by atoms with Crippen LogP contribution in [0.15, 0.2) is 59.1 Å². The molecule has 6 nitrogen and oxygen atoms in total. The van der Waals surface area contributed by atoms with Gasteiger partial charge in [0.25, 0.3) is 0 Å². The van der Waals surface area contributed by atoms with Gasteiger partial charge >= 0.3 is 0 Å². The maximum Gasteiger partial charge on any atom is 0.181 e. The van der Waals surface area contributed by atoms with Crippen LogP contribution in [0, 0.1) is 0 Å². The van der Waals surface area contributed by atoms with Crippen molar-refractivity contribution < 1.29 is 18.8 Å². The molecule has 7 heteroatoms. The van der Waals surface area contributed by atoms with Gasteiger partial charge in [0.2, 0.25) is 0 Å². The first-order chi connectivity index (χ1) is 14.2. The average Bonchev–Trinajstić information content (AvgIpc) is 3.16. The van der Waals surface area contributed by atoms with E-state index in [0.29, 0.717) is 52.0 Å². The van der Waals surface area contributed by atoms with Gasteiger partial charge < -0.3 is 19.3 Å². The SMILES string of the molecule is O=Cc1ccc2onc(Nc3cccc(-c4ccc5c(c4)OCCO5)c3Cl)c2c1. The molecule has 0 fully saturated rings. The molecule has 0 spiro atoms. The van der Waals surface area contributed by atoms with Crippen LogP contribution in [0.3, 0.4) is 0 Å². The summed E-state index contributed by atoms with van der Waals surface area (Å²) >= 11 is 6.70. The summed E-state index contributed by atoms with van der Waals surface area (Å²) in [6.07, 6.45) is 0.783. The molecule has 1 aliphatic rings. The molecule has 1 N–H and O–H groups in total. The highest BCUT2D eigenvalue weighted by Crippen LogP contribution is 2.40. The molecule has 0 saturated carbocycles. The first-order valence-corrected chi connectivity index (χ1v) is 9.41. The van der Waals surface area contributed by atoms with E-state index in [1.807, 2.05) is 36.4 Å². The number of nitrogens with zero attached hydrogens (tertiary/aromatic N) is 1. The van der Waals surface area contributed by atoms with Gasteiger partial charge in [-0.05, 0) is 42.0 Å². The standard InChI is InChI=1S/C22H15ClN2O4/c23-21-15(14-5-7-19-20(11-14)28-9-8-27-19)2-1-3-17(21)24-22-16-10-13(12-26)4-6-18(16)29-25-22/h1-7,10-12H,8-9H2,(H,24,25). The molecule has 0 saturated heterocycles. The lowest BCUT2D eigenvalue weighted by molar-refractivity contribution is 0.112. The zero-order valence-electron chi connectivity index (χ0n) is 15.1. The van der Waals surface area contributed by atoms with Crippen LogP contribution in [0.1, 0.15) is 10.4 Å². The summed E-state index contributed by atoms with van der Waals surface area (Å²) in [6.45, 7) is 1.07. The highest BCUT2D eigenvalue weighted by molar-refractivity contribution is 6.36. The summed E-state index contributed by atoms with van der Waals surface area (Å²) in [7, 11) is 0. The maximum absolute atomic E-state index is 11.1. The Balaban J connectivity index is 1.52. The smallest absolute Gasteiger partial charge is 0.181 e. The maximum atomic E-state index is 11.1. The second-order valence-electron chi connectivity index (χ2n) is 6.56. The molecule has 29 heavy (non-hydrogen) atoms. The predicted molar refractivity (Wildman–Crippen MR) is 111 cm³/mol. The normalized spacial score (nSPS) is 12.7. The van der Waals surface area contributed by atoms with Crippen molar-refractivity contribution in [2.24, 2.45) is 0 Å². The molecule has 1 aromatic heterocycles. The van der Waals surface area contributed by atoms with E-state index in [4.69, 9.17) is 25.6 Å². The Bertz CT molecular complexity index is 1230. The molecule has 1 aliphatic heterocycles. The fourth-order valence-corrected chi connectivity index (χ4v) is 3.59. The van der Waals surface area contributed by atoms with Crippen LogP contribution < -0.4 is 14.8 Å². The Morgan fingerprint density at radius 1 is 1.00 bits per heavy atom. The monoisotopic (exact) mass is 406 g/mol. The van der Waals surface area contributed by atoms with E-state index >= 15 is 0 Å². The molecular formula is C22H15ClN2O4. The third-order valence-corrected chi connectivity index (χ3v) is 5.14. The number of nitrogens with one attached hydrogen (secondary N) is 1. The lowest BCUT2D eigenvalue weighted by Gasteiger charge is -2.19. The van der Waals surface area contributed by atoms with E-state index < -0.39 is 0 Å². The van der Waals surface area contributed by atoms with Crippen LogP contribution in [0.5, 0.6) is 11.5 Å². The number of halogens is 1. The van der Waals surface area contributed by atoms with Gasteiger partial charge in [0.15, 0.2) is 22.9 Å². The fraction of sp³-hybridized carbons (Fsp3) is 0.0909. The topological polar surface area (TPSA) is 73.6 Å². The number of aldehydes is 1. The van der Waals surface area contributed by atoms with Gasteiger partial charge in [-0.1, -0.05) is 35.0 Å². The quantitative estimate of drug-likeness (QED) is 0.452. The summed E-state index contributed by atoms with van der Waals surface area (Å²) in [5, 5.41) is 8.52. The molecule has 0 amide bonds. The van der Waals surface area contributed by atoms with Gasteiger partial charge in [0, 0.05) is 11.1 Å². The van der Waals surface area contributed by atoms with E-state index in [1.54, 1.807) is 18.2 Å². The lowest BCUT2D eigenvalue weighted by Crippen LogP contribution is -2.15. The van der Waals surface area contributed by atoms with E-state index in [0.717, 1.165) is 23.2 Å². The zero-order chi connectivity index (χ0) is 19.8. The molecule has 0 bridgehead atoms. The summed E-state index contributed by atoms with van der Waals surface area (Å²) < 4.78 is 16.6. The zero-order valence-corrected chi connectivity index (χ0v) is 15.9. The Morgan fingerprint density at radius 2 is 1.86 bits per heavy atom. The number of hydrogen-bond donors (Lipinski definition) is 1. The highest BCUT2D eigenvalue weighted by Gasteiger charge is 2.16. The van der Waals surface area contributed by atoms with Crippen LogP contribution in [0.25, 0.3) is 22.1 Å². The van der Waals surface area contributed by atoms with Gasteiger partial charge in [-0.15, -0.1) is 0 Å². The Hall–Kier alpha value is -3.51. The average molecular weight is 407 g/mol. The van der Waals surface area contributed by atoms with E-state index in [2.05, 4.69) is 10.5 Å². The molecule has 144 valence electrons. The lowest BCUT2D eigenvalue weighted by atomic mass is 10.0. The van der Waals surface area contributed by atoms with Gasteiger partial charge in [0.05, 0.1) is 16.1 Å². The highest BCUT2D eigenvalue weighted by atomic mass is 35.5. The van der Waals surface area contributed by atoms with Crippen molar-refractivity contribution in [2.45, 2.75) is 0 Å². The molecule has 2 heterocycles. The van der Waals surface area contributed by atoms with Crippen LogP contribution in [-0.2, 0) is 0 Å². The molecule has 0 radical (unpaired) electrons. The number of rotatable bonds is 4. The van der Waals surface area contributed by atoms with Gasteiger partial charge in [-0.2, -0.15) is 0 Å². The number of carbonyl (C=O) groups excluding carboxylic acids is 1. The second-order valence-corrected chi connectivity index (χ2v) is 6.93. The van der Waals surface area contributed by atoms with E-state index in [9.17, 15) is 4.79 Å². The Labute approximate surface area is 171 Å². The number of ether oxygens (including phenoxy) is 2. The number of fused-ring (bicyclic) bond motifs is 2. The molecular weight excluding hydrogens is 392 g/mol. The van der Waals surface area contributed by atoms with Crippen LogP contribution in [0.4, 0.5) is 11.5 Å². The minimum atomic E-state index is 0.491. The molecule has 3 aromatic carbocycles. The van der Waals surface area contributed by atoms with E-state index in [1.165, 1.54) is 0 Å². The molecule has 0 atom stereocenters. The number of benzene rings is 3. The van der Waals surface area contributed by atoms with Crippen molar-refractivity contribution in [1.29, 1.82) is 0 Å². The number of hydrogen-bond acceptors (Lipinski definition) is 6. The fourth-order valence-electron chi connectivity index (χ4n) is 3.31. The van der Waals surface area contributed by atoms with Crippen LogP contribution >= 0.6 is 11.6 Å². The predicted octanol–water partition coefficient (Wildman–Crippen LogP) is 5.48. The first-order valence-electron chi connectivity index (χ1n) is 9.03. The Morgan fingerprint density at radius 3 is 2.72 bits per heavy atom. The molecule has 0 aliphatic carbocycles. The minimum Gasteiger partial charge on any atom is -0.486 e. The number of aromatic nitrogens is 1. The third kappa shape index (κ3) is 3.17. The molecule has 4 aromatic rings. The molecule has 0 unspecified atom stereocenters. The molecule has 5 rings (SSSR count). The second kappa shape index (κ2) is 7.14. The van der Waals surface area contributed by atoms with Crippen molar-refractivity contribution in [3.63, 3.8) is 0 Å². The van der Waals surface area contributed by atoms with Gasteiger partial charge in [-0.25, -0.2) is 0 Å². The van der Waals surface area contributed by atoms with Crippen molar-refractivity contribution in [2.75, 3.05) is 18.5 Å². The first kappa shape index (κ1) is 17.6. The van der Waals surface area contributed by atoms with Gasteiger partial charge in [-0.3, -0.25) is 4.79 Å². The number of anilines is 2. The van der Waals surface area contributed by atoms with Crippen LogP contribution in [0.2, 0.25) is 5.02 Å². The summed E-state index contributed by atoms with van der Waals surface area (Å²) in [5.41, 5.74) is 3.55. The van der Waals surface area contributed by atoms with Crippen molar-refractivity contribution in [1.82, 2.24) is 5.16 Å².